The van der Waals surface area contributed by atoms with Crippen LogP contribution < -0.4 is 24.7 Å². The van der Waals surface area contributed by atoms with Gasteiger partial charge < -0.3 is 24.7 Å². The maximum absolute atomic E-state index is 5.96. The Labute approximate surface area is 150 Å². The van der Waals surface area contributed by atoms with Crippen LogP contribution in [0, 0.1) is 0 Å². The second-order valence-corrected chi connectivity index (χ2v) is 5.38. The van der Waals surface area contributed by atoms with Crippen LogP contribution in [0.2, 0.25) is 0 Å². The van der Waals surface area contributed by atoms with Crippen LogP contribution in [0.3, 0.4) is 0 Å². The molecule has 1 aromatic heterocycles. The molecule has 0 saturated carbocycles. The van der Waals surface area contributed by atoms with Crippen molar-refractivity contribution in [2.24, 2.45) is 0 Å². The monoisotopic (exact) mass is 356 g/mol. The summed E-state index contributed by atoms with van der Waals surface area (Å²) in [6.45, 7) is 0. The Hall–Kier alpha value is -3.42. The Bertz CT molecular complexity index is 898. The molecule has 3 rings (SSSR count). The van der Waals surface area contributed by atoms with Gasteiger partial charge in [-0.25, -0.2) is 4.98 Å². The molecule has 0 unspecified atom stereocenters. The second-order valence-electron chi connectivity index (χ2n) is 5.38. The first-order valence-corrected chi connectivity index (χ1v) is 7.78. The molecule has 0 amide bonds. The first-order chi connectivity index (χ1) is 12.6. The molecule has 0 fully saturated rings. The van der Waals surface area contributed by atoms with Crippen molar-refractivity contribution in [1.29, 1.82) is 0 Å². The van der Waals surface area contributed by atoms with E-state index in [1.807, 2.05) is 6.07 Å². The number of nitrogens with one attached hydrogen (secondary N) is 1. The molecule has 26 heavy (non-hydrogen) atoms. The minimum atomic E-state index is 0.494. The van der Waals surface area contributed by atoms with Crippen LogP contribution in [-0.2, 0) is 0 Å². The average molecular weight is 356 g/mol. The van der Waals surface area contributed by atoms with Crippen molar-refractivity contribution in [3.8, 4) is 45.8 Å². The number of nitrogens with two attached hydrogens (primary N) is 1. The number of nitrogens with zero attached hydrogens (tertiary/aromatic N) is 2. The third-order valence-corrected chi connectivity index (χ3v) is 3.91. The quantitative estimate of drug-likeness (QED) is 0.654. The van der Waals surface area contributed by atoms with Crippen molar-refractivity contribution < 1.29 is 18.9 Å². The van der Waals surface area contributed by atoms with Gasteiger partial charge in [0.2, 0.25) is 5.75 Å². The number of aromatic amines is 1. The van der Waals surface area contributed by atoms with Gasteiger partial charge in [-0.1, -0.05) is 0 Å². The van der Waals surface area contributed by atoms with E-state index in [0.29, 0.717) is 40.3 Å². The topological polar surface area (TPSA) is 105 Å². The van der Waals surface area contributed by atoms with E-state index in [4.69, 9.17) is 24.7 Å². The van der Waals surface area contributed by atoms with Gasteiger partial charge in [-0.2, -0.15) is 5.10 Å². The van der Waals surface area contributed by atoms with Gasteiger partial charge in [0, 0.05) is 11.1 Å². The van der Waals surface area contributed by atoms with Gasteiger partial charge in [0.15, 0.2) is 23.1 Å². The molecule has 0 radical (unpaired) electrons. The number of aromatic nitrogens is 3. The predicted molar refractivity (Wildman–Crippen MR) is 97.9 cm³/mol. The van der Waals surface area contributed by atoms with E-state index in [9.17, 15) is 0 Å². The summed E-state index contributed by atoms with van der Waals surface area (Å²) in [7, 11) is 6.25. The minimum absolute atomic E-state index is 0.494. The molecule has 0 spiro atoms. The smallest absolute Gasteiger partial charge is 0.203 e. The highest BCUT2D eigenvalue weighted by molar-refractivity contribution is 5.70. The zero-order valence-corrected chi connectivity index (χ0v) is 15.0. The Morgan fingerprint density at radius 3 is 2.00 bits per heavy atom. The van der Waals surface area contributed by atoms with E-state index >= 15 is 0 Å². The van der Waals surface area contributed by atoms with Gasteiger partial charge in [0.25, 0.3) is 0 Å². The molecule has 0 atom stereocenters. The van der Waals surface area contributed by atoms with E-state index in [2.05, 4.69) is 15.2 Å². The highest BCUT2D eigenvalue weighted by atomic mass is 16.5. The van der Waals surface area contributed by atoms with Crippen molar-refractivity contribution in [1.82, 2.24) is 15.2 Å². The maximum atomic E-state index is 5.96. The Balaban J connectivity index is 2.01. The van der Waals surface area contributed by atoms with E-state index in [0.717, 1.165) is 11.1 Å². The van der Waals surface area contributed by atoms with Gasteiger partial charge in [0.05, 0.1) is 34.1 Å². The standard InChI is InChI=1S/C18H20N4O4/c1-23-13-6-5-10(7-12(13)19)17-20-18(22-21-17)11-8-14(24-2)16(26-4)15(9-11)25-3/h5-9H,19H2,1-4H3,(H,20,21,22). The SMILES string of the molecule is COc1ccc(-c2nc(-c3cc(OC)c(OC)c(OC)c3)n[nH]2)cc1N. The molecule has 1 heterocycles. The van der Waals surface area contributed by atoms with Crippen molar-refractivity contribution in [3.05, 3.63) is 30.3 Å². The van der Waals surface area contributed by atoms with Gasteiger partial charge in [-0.3, -0.25) is 5.10 Å². The van der Waals surface area contributed by atoms with Crippen LogP contribution in [0.1, 0.15) is 0 Å². The van der Waals surface area contributed by atoms with Crippen molar-refractivity contribution >= 4 is 5.69 Å². The summed E-state index contributed by atoms with van der Waals surface area (Å²) >= 11 is 0. The summed E-state index contributed by atoms with van der Waals surface area (Å²) < 4.78 is 21.3. The lowest BCUT2D eigenvalue weighted by atomic mass is 10.1. The number of rotatable bonds is 6. The lowest BCUT2D eigenvalue weighted by Crippen LogP contribution is -1.96. The third kappa shape index (κ3) is 3.08. The Morgan fingerprint density at radius 1 is 0.808 bits per heavy atom. The number of hydrogen-bond donors (Lipinski definition) is 2. The molecule has 136 valence electrons. The van der Waals surface area contributed by atoms with Crippen LogP contribution in [0.25, 0.3) is 22.8 Å². The molecule has 8 heteroatoms. The Kier molecular flexibility index (Phi) is 4.83. The zero-order valence-electron chi connectivity index (χ0n) is 15.0. The lowest BCUT2D eigenvalue weighted by molar-refractivity contribution is 0.324. The summed E-state index contributed by atoms with van der Waals surface area (Å²) in [5, 5.41) is 7.20. The number of H-pyrrole nitrogens is 1. The number of ether oxygens (including phenoxy) is 4. The van der Waals surface area contributed by atoms with Crippen LogP contribution in [-0.4, -0.2) is 43.6 Å². The molecule has 2 aromatic carbocycles. The van der Waals surface area contributed by atoms with Crippen LogP contribution in [0.4, 0.5) is 5.69 Å². The van der Waals surface area contributed by atoms with E-state index in [-0.39, 0.29) is 0 Å². The molecule has 3 aromatic rings. The predicted octanol–water partition coefficient (Wildman–Crippen LogP) is 2.76. The molecule has 3 N–H and O–H groups in total. The first-order valence-electron chi connectivity index (χ1n) is 7.78. The number of hydrogen-bond acceptors (Lipinski definition) is 7. The summed E-state index contributed by atoms with van der Waals surface area (Å²) in [5.74, 6) is 3.26. The van der Waals surface area contributed by atoms with Crippen LogP contribution in [0.15, 0.2) is 30.3 Å². The lowest BCUT2D eigenvalue weighted by Gasteiger charge is -2.12. The maximum Gasteiger partial charge on any atom is 0.203 e. The van der Waals surface area contributed by atoms with E-state index in [1.54, 1.807) is 52.7 Å². The molecule has 0 bridgehead atoms. The molecule has 0 aliphatic rings. The number of anilines is 1. The largest absolute Gasteiger partial charge is 0.495 e. The molecular weight excluding hydrogens is 336 g/mol. The normalized spacial score (nSPS) is 10.5. The summed E-state index contributed by atoms with van der Waals surface area (Å²) in [4.78, 5) is 4.54. The zero-order chi connectivity index (χ0) is 18.7. The molecule has 0 saturated heterocycles. The van der Waals surface area contributed by atoms with Crippen LogP contribution in [0.5, 0.6) is 23.0 Å². The fourth-order valence-electron chi connectivity index (χ4n) is 2.61. The van der Waals surface area contributed by atoms with Crippen molar-refractivity contribution in [2.45, 2.75) is 0 Å². The van der Waals surface area contributed by atoms with Gasteiger partial charge in [-0.15, -0.1) is 0 Å². The van der Waals surface area contributed by atoms with Crippen molar-refractivity contribution in [3.63, 3.8) is 0 Å². The van der Waals surface area contributed by atoms with Gasteiger partial charge in [-0.05, 0) is 30.3 Å². The van der Waals surface area contributed by atoms with Crippen LogP contribution >= 0.6 is 0 Å². The molecule has 0 aliphatic carbocycles. The fraction of sp³-hybridized carbons (Fsp3) is 0.222. The summed E-state index contributed by atoms with van der Waals surface area (Å²) in [6, 6.07) is 8.99. The molecule has 0 aliphatic heterocycles. The minimum Gasteiger partial charge on any atom is -0.495 e. The Morgan fingerprint density at radius 2 is 1.46 bits per heavy atom. The number of methoxy groups -OCH3 is 4. The van der Waals surface area contributed by atoms with Gasteiger partial charge >= 0.3 is 0 Å². The summed E-state index contributed by atoms with van der Waals surface area (Å²) in [6.07, 6.45) is 0. The van der Waals surface area contributed by atoms with E-state index in [1.165, 1.54) is 0 Å². The highest BCUT2D eigenvalue weighted by Crippen LogP contribution is 2.40. The molecular formula is C18H20N4O4. The third-order valence-electron chi connectivity index (χ3n) is 3.91. The highest BCUT2D eigenvalue weighted by Gasteiger charge is 2.17. The second kappa shape index (κ2) is 7.22. The fourth-order valence-corrected chi connectivity index (χ4v) is 2.61. The number of benzene rings is 2. The first kappa shape index (κ1) is 17.4. The van der Waals surface area contributed by atoms with E-state index < -0.39 is 0 Å². The molecule has 8 nitrogen and oxygen atoms in total. The average Bonchev–Trinajstić information content (AvgIpc) is 3.16. The van der Waals surface area contributed by atoms with Gasteiger partial charge in [0.1, 0.15) is 5.75 Å². The number of nitrogen functional groups attached to an aromatic ring is 1. The van der Waals surface area contributed by atoms with Crippen molar-refractivity contribution in [2.75, 3.05) is 34.2 Å². The summed E-state index contributed by atoms with van der Waals surface area (Å²) in [5.41, 5.74) is 8.01.